The topological polar surface area (TPSA) is 192 Å². The number of benzene rings is 3. The van der Waals surface area contributed by atoms with Crippen molar-refractivity contribution in [1.82, 2.24) is 48.6 Å². The van der Waals surface area contributed by atoms with E-state index in [-0.39, 0.29) is 84.0 Å². The number of aromatic nitrogens is 5. The van der Waals surface area contributed by atoms with Crippen LogP contribution in [0.5, 0.6) is 6.01 Å². The Morgan fingerprint density at radius 1 is 0.895 bits per heavy atom. The van der Waals surface area contributed by atoms with Crippen molar-refractivity contribution in [2.75, 3.05) is 77.5 Å². The molecule has 86 heavy (non-hydrogen) atoms. The number of piperidine rings is 3. The van der Waals surface area contributed by atoms with E-state index < -0.39 is 40.3 Å². The van der Waals surface area contributed by atoms with Crippen molar-refractivity contribution < 1.29 is 42.5 Å². The average molecular weight is 1180 g/mol. The zero-order valence-electron chi connectivity index (χ0n) is 49.7. The molecule has 5 atom stereocenters. The number of amides is 4. The van der Waals surface area contributed by atoms with Crippen molar-refractivity contribution in [2.45, 2.75) is 133 Å². The summed E-state index contributed by atoms with van der Waals surface area (Å²) < 4.78 is 48.9. The second-order valence-corrected chi connectivity index (χ2v) is 26.3. The Balaban J connectivity index is 0.659. The van der Waals surface area contributed by atoms with Crippen molar-refractivity contribution in [2.24, 2.45) is 18.4 Å². The second-order valence-electron chi connectivity index (χ2n) is 26.3. The summed E-state index contributed by atoms with van der Waals surface area (Å²) in [4.78, 5) is 91.9. The van der Waals surface area contributed by atoms with E-state index >= 15 is 8.78 Å². The van der Waals surface area contributed by atoms with Gasteiger partial charge in [0.2, 0.25) is 5.91 Å². The number of likely N-dealkylation sites (tertiary alicyclic amines) is 3. The smallest absolute Gasteiger partial charge is 0.409 e. The number of terminal acetylenes is 1. The monoisotopic (exact) mass is 1180 g/mol. The van der Waals surface area contributed by atoms with Gasteiger partial charge < -0.3 is 29.3 Å². The minimum absolute atomic E-state index is 0.0000681. The Bertz CT molecular complexity index is 3840. The minimum Gasteiger partial charge on any atom is -0.465 e. The molecule has 7 aliphatic heterocycles. The highest BCUT2D eigenvalue weighted by Gasteiger charge is 2.60. The molecular weight excluding hydrogens is 1100 g/mol. The fourth-order valence-electron chi connectivity index (χ4n) is 16.2. The van der Waals surface area contributed by atoms with E-state index in [1.807, 2.05) is 21.9 Å². The van der Waals surface area contributed by atoms with Crippen LogP contribution in [0.3, 0.4) is 0 Å². The molecule has 0 saturated carbocycles. The molecule has 19 nitrogen and oxygen atoms in total. The molecule has 6 aromatic rings. The van der Waals surface area contributed by atoms with Crippen LogP contribution < -0.4 is 15.3 Å². The lowest BCUT2D eigenvalue weighted by molar-refractivity contribution is -0.149. The van der Waals surface area contributed by atoms with Gasteiger partial charge in [-0.05, 0) is 131 Å². The van der Waals surface area contributed by atoms with Gasteiger partial charge in [-0.25, -0.2) is 23.2 Å². The number of fused-ring (bicyclic) bond motifs is 6. The molecule has 7 saturated heterocycles. The number of likely N-dealkylation sites (N-methyl/N-ethyl adjacent to an activating group) is 1. The first-order valence-electron chi connectivity index (χ1n) is 30.6. The van der Waals surface area contributed by atoms with E-state index in [9.17, 15) is 29.1 Å². The van der Waals surface area contributed by atoms with Gasteiger partial charge in [0.05, 0.1) is 39.1 Å². The van der Waals surface area contributed by atoms with Gasteiger partial charge in [-0.15, -0.1) is 6.42 Å². The van der Waals surface area contributed by atoms with Gasteiger partial charge in [-0.3, -0.25) is 38.4 Å². The summed E-state index contributed by atoms with van der Waals surface area (Å²) in [7, 11) is 3.26. The third-order valence-corrected chi connectivity index (χ3v) is 20.9. The van der Waals surface area contributed by atoms with Crippen LogP contribution in [0.25, 0.3) is 44.0 Å². The number of hydrogen-bond donors (Lipinski definition) is 1. The van der Waals surface area contributed by atoms with E-state index in [0.717, 1.165) is 99.0 Å². The summed E-state index contributed by atoms with van der Waals surface area (Å²) in [6, 6.07) is 13.0. The number of rotatable bonds is 11. The van der Waals surface area contributed by atoms with E-state index in [2.05, 4.69) is 47.5 Å². The van der Waals surface area contributed by atoms with Gasteiger partial charge in [-0.2, -0.15) is 9.97 Å². The molecule has 13 rings (SSSR count). The molecule has 1 N–H and O–H groups in total. The summed E-state index contributed by atoms with van der Waals surface area (Å²) >= 11 is 0. The molecule has 4 amide bonds. The largest absolute Gasteiger partial charge is 0.465 e. The van der Waals surface area contributed by atoms with Gasteiger partial charge in [0.25, 0.3) is 5.91 Å². The lowest BCUT2D eigenvalue weighted by atomic mass is 9.71. The summed E-state index contributed by atoms with van der Waals surface area (Å²) in [5, 5.41) is 11.9. The summed E-state index contributed by atoms with van der Waals surface area (Å²) in [6.45, 7) is 12.1. The quantitative estimate of drug-likeness (QED) is 0.0955. The predicted octanol–water partition coefficient (Wildman–Crippen LogP) is 8.93. The fraction of sp³-hybridized carbons (Fsp3) is 0.538. The van der Waals surface area contributed by atoms with Crippen molar-refractivity contribution in [3.05, 3.63) is 88.0 Å². The molecule has 452 valence electrons. The van der Waals surface area contributed by atoms with E-state index in [1.54, 1.807) is 45.3 Å². The Labute approximate surface area is 498 Å². The minimum atomic E-state index is -0.970. The highest BCUT2D eigenvalue weighted by atomic mass is 19.1. The molecule has 0 spiro atoms. The number of imidazole rings is 1. The summed E-state index contributed by atoms with van der Waals surface area (Å²) in [5.41, 5.74) is 1.03. The maximum absolute atomic E-state index is 17.6. The highest BCUT2D eigenvalue weighted by Crippen LogP contribution is 2.51. The molecule has 0 radical (unpaired) electrons. The van der Waals surface area contributed by atoms with Crippen molar-refractivity contribution in [3.63, 3.8) is 0 Å². The lowest BCUT2D eigenvalue weighted by Crippen LogP contribution is -2.68. The summed E-state index contributed by atoms with van der Waals surface area (Å²) in [6.07, 6.45) is 14.9. The van der Waals surface area contributed by atoms with Gasteiger partial charge in [0.15, 0.2) is 5.82 Å². The second kappa shape index (κ2) is 21.9. The van der Waals surface area contributed by atoms with E-state index in [0.29, 0.717) is 78.9 Å². The first-order valence-corrected chi connectivity index (χ1v) is 30.6. The zero-order valence-corrected chi connectivity index (χ0v) is 49.7. The lowest BCUT2D eigenvalue weighted by Gasteiger charge is -2.54. The van der Waals surface area contributed by atoms with Crippen molar-refractivity contribution in [1.29, 1.82) is 0 Å². The molecule has 3 aromatic heterocycles. The number of ether oxygens (including phenoxy) is 2. The molecule has 10 heterocycles. The Kier molecular flexibility index (Phi) is 14.6. The molecule has 21 heteroatoms. The number of pyridine rings is 1. The fourth-order valence-corrected chi connectivity index (χ4v) is 16.2. The van der Waals surface area contributed by atoms with Crippen LogP contribution in [0.1, 0.15) is 121 Å². The third-order valence-electron chi connectivity index (χ3n) is 20.9. The van der Waals surface area contributed by atoms with Crippen LogP contribution >= 0.6 is 0 Å². The van der Waals surface area contributed by atoms with Gasteiger partial charge in [-0.1, -0.05) is 63.1 Å². The SMILES string of the molecule is C#Cc1c(F)ccc2cccc(-c3ncc4c(N5CC6CCC(C(C)(C)C)(C5)N6C(=O)O)nc(OC[C@@]56CCCN5[C@H](COC(=O)N5CCC(CN7CCC(c8cccc9c8n(C)c(=O)n9C8CCC(=O)N(C)C8=O)CC7)CC5)CC6)nc4c3F)c12. The molecule has 3 unspecified atom stereocenters. The van der Waals surface area contributed by atoms with E-state index in [1.165, 1.54) is 19.3 Å². The number of hydrogen-bond acceptors (Lipinski definition) is 13. The van der Waals surface area contributed by atoms with Crippen molar-refractivity contribution in [3.8, 4) is 29.6 Å². The van der Waals surface area contributed by atoms with Crippen molar-refractivity contribution >= 4 is 62.5 Å². The third kappa shape index (κ3) is 9.51. The molecule has 3 aromatic carbocycles. The Morgan fingerprint density at radius 2 is 1.67 bits per heavy atom. The van der Waals surface area contributed by atoms with Crippen LogP contribution in [-0.4, -0.2) is 173 Å². The van der Waals surface area contributed by atoms with Crippen LogP contribution in [0.15, 0.2) is 59.5 Å². The maximum Gasteiger partial charge on any atom is 0.409 e. The number of piperazine rings is 1. The molecular formula is C65H75F2N11O8. The maximum atomic E-state index is 17.6. The van der Waals surface area contributed by atoms with E-state index in [4.69, 9.17) is 25.9 Å². The Hall–Kier alpha value is -7.70. The standard InChI is InChI=1S/C65H75F2N11O8/c1-7-44-48(66)16-15-41-11-8-13-46(52(41)44)54-53(67)55-47(33-68-54)57(75-35-42-20-27-65(37-75,63(2,3)4)78(42)61(82)83)70-59(69-55)86-38-64-25-10-28-76(64)43(19-26-64)36-85-62(84)74-31-21-39(22-32-74)34-73-29-23-40(24-30-73)45-12-9-14-49-56(45)72(6)60(81)77(49)50-17-18-51(79)71(5)58(50)80/h1,8-9,11-16,33,39-40,42-43,50H,10,17-32,34-38H2,2-6H3,(H,82,83)/t42?,43-,50?,64-,65?/m0/s1. The number of nitrogens with zero attached hydrogens (tertiary/aromatic N) is 11. The normalized spacial score (nSPS) is 25.3. The van der Waals surface area contributed by atoms with Gasteiger partial charge in [0, 0.05) is 76.4 Å². The number of carboxylic acid groups (broad SMARTS) is 1. The predicted molar refractivity (Wildman–Crippen MR) is 320 cm³/mol. The molecule has 7 fully saturated rings. The number of para-hydroxylation sites is 1. The number of carbonyl (C=O) groups is 4. The van der Waals surface area contributed by atoms with Crippen LogP contribution in [-0.2, 0) is 21.4 Å². The zero-order chi connectivity index (χ0) is 60.1. The molecule has 2 bridgehead atoms. The number of imide groups is 1. The number of halogens is 2. The van der Waals surface area contributed by atoms with Gasteiger partial charge >= 0.3 is 23.9 Å². The first kappa shape index (κ1) is 57.4. The molecule has 7 aliphatic rings. The summed E-state index contributed by atoms with van der Waals surface area (Å²) in [5.74, 6) is 1.61. The van der Waals surface area contributed by atoms with Gasteiger partial charge in [0.1, 0.15) is 42.1 Å². The number of aryl methyl sites for hydroxylation is 1. The first-order chi connectivity index (χ1) is 41.3. The van der Waals surface area contributed by atoms with Crippen LogP contribution in [0.4, 0.5) is 24.2 Å². The van der Waals surface area contributed by atoms with Crippen LogP contribution in [0, 0.1) is 35.3 Å². The highest BCUT2D eigenvalue weighted by molar-refractivity contribution is 6.02. The number of anilines is 1. The van der Waals surface area contributed by atoms with Crippen LogP contribution in [0.2, 0.25) is 0 Å². The Morgan fingerprint density at radius 3 is 2.43 bits per heavy atom. The molecule has 0 aliphatic carbocycles. The number of carbonyl (C=O) groups excluding carboxylic acids is 3. The average Bonchev–Trinajstić information content (AvgIpc) is 1.56.